The van der Waals surface area contributed by atoms with E-state index in [0.29, 0.717) is 11.7 Å². The monoisotopic (exact) mass is 377 g/mol. The molecule has 2 rings (SSSR count). The highest BCUT2D eigenvalue weighted by Crippen LogP contribution is 2.21. The third-order valence-corrected chi connectivity index (χ3v) is 3.36. The standard InChI is InChI=1S/C16H16BrN3OS/c1-2-21-15-9-8-13(17)10-12(15)11-18-20-16(22)19-14-6-4-3-5-7-14/h3-11H,2H2,1H3,(H2,19,20,22)/b18-11-. The number of nitrogens with one attached hydrogen (secondary N) is 2. The molecule has 2 aromatic rings. The summed E-state index contributed by atoms with van der Waals surface area (Å²) in [7, 11) is 0. The molecule has 0 spiro atoms. The molecule has 0 aliphatic rings. The Morgan fingerprint density at radius 3 is 2.77 bits per heavy atom. The highest BCUT2D eigenvalue weighted by atomic mass is 79.9. The molecule has 0 aromatic heterocycles. The summed E-state index contributed by atoms with van der Waals surface area (Å²) >= 11 is 8.62. The quantitative estimate of drug-likeness (QED) is 0.466. The summed E-state index contributed by atoms with van der Waals surface area (Å²) in [6.45, 7) is 2.55. The van der Waals surface area contributed by atoms with Gasteiger partial charge in [0.1, 0.15) is 5.75 Å². The molecule has 2 N–H and O–H groups in total. The highest BCUT2D eigenvalue weighted by molar-refractivity contribution is 9.10. The predicted octanol–water partition coefficient (Wildman–Crippen LogP) is 4.17. The summed E-state index contributed by atoms with van der Waals surface area (Å²) in [5, 5.41) is 7.61. The minimum Gasteiger partial charge on any atom is -0.493 e. The molecule has 6 heteroatoms. The first-order valence-corrected chi connectivity index (χ1v) is 7.96. The molecule has 0 atom stereocenters. The van der Waals surface area contributed by atoms with Crippen molar-refractivity contribution in [3.8, 4) is 5.75 Å². The van der Waals surface area contributed by atoms with Crippen LogP contribution in [0.3, 0.4) is 0 Å². The number of hydrazone groups is 1. The van der Waals surface area contributed by atoms with Crippen molar-refractivity contribution in [1.82, 2.24) is 5.43 Å². The molecular formula is C16H16BrN3OS. The van der Waals surface area contributed by atoms with Gasteiger partial charge in [0.15, 0.2) is 5.11 Å². The number of halogens is 1. The van der Waals surface area contributed by atoms with Gasteiger partial charge in [0.2, 0.25) is 0 Å². The second kappa shape index (κ2) is 8.51. The van der Waals surface area contributed by atoms with E-state index in [0.717, 1.165) is 21.5 Å². The number of para-hydroxylation sites is 1. The fourth-order valence-electron chi connectivity index (χ4n) is 1.75. The first-order chi connectivity index (χ1) is 10.7. The predicted molar refractivity (Wildman–Crippen MR) is 98.7 cm³/mol. The Morgan fingerprint density at radius 1 is 1.27 bits per heavy atom. The van der Waals surface area contributed by atoms with Gasteiger partial charge in [-0.25, -0.2) is 0 Å². The van der Waals surface area contributed by atoms with Gasteiger partial charge in [0, 0.05) is 15.7 Å². The second-order valence-electron chi connectivity index (χ2n) is 4.31. The highest BCUT2D eigenvalue weighted by Gasteiger charge is 2.02. The van der Waals surface area contributed by atoms with E-state index in [-0.39, 0.29) is 0 Å². The number of ether oxygens (including phenoxy) is 1. The van der Waals surface area contributed by atoms with Crippen molar-refractivity contribution in [3.05, 3.63) is 58.6 Å². The second-order valence-corrected chi connectivity index (χ2v) is 5.63. The lowest BCUT2D eigenvalue weighted by Crippen LogP contribution is -2.23. The summed E-state index contributed by atoms with van der Waals surface area (Å²) in [6.07, 6.45) is 1.68. The van der Waals surface area contributed by atoms with Crippen LogP contribution in [0, 0.1) is 0 Å². The fraction of sp³-hybridized carbons (Fsp3) is 0.125. The van der Waals surface area contributed by atoms with E-state index in [1.165, 1.54) is 0 Å². The molecule has 0 radical (unpaired) electrons. The maximum Gasteiger partial charge on any atom is 0.191 e. The Labute approximate surface area is 143 Å². The molecule has 0 fully saturated rings. The zero-order valence-electron chi connectivity index (χ0n) is 12.0. The Kier molecular flexibility index (Phi) is 6.36. The van der Waals surface area contributed by atoms with Crippen LogP contribution in [0.4, 0.5) is 5.69 Å². The summed E-state index contributed by atoms with van der Waals surface area (Å²) in [5.41, 5.74) is 4.56. The molecule has 4 nitrogen and oxygen atoms in total. The maximum atomic E-state index is 5.56. The van der Waals surface area contributed by atoms with Crippen molar-refractivity contribution in [1.29, 1.82) is 0 Å². The van der Waals surface area contributed by atoms with Crippen molar-refractivity contribution >= 4 is 45.2 Å². The van der Waals surface area contributed by atoms with E-state index >= 15 is 0 Å². The number of benzene rings is 2. The first-order valence-electron chi connectivity index (χ1n) is 6.76. The van der Waals surface area contributed by atoms with E-state index in [1.807, 2.05) is 55.5 Å². The minimum absolute atomic E-state index is 0.426. The smallest absolute Gasteiger partial charge is 0.191 e. The van der Waals surface area contributed by atoms with E-state index in [4.69, 9.17) is 17.0 Å². The molecule has 0 aliphatic heterocycles. The van der Waals surface area contributed by atoms with Crippen LogP contribution >= 0.6 is 28.1 Å². The van der Waals surface area contributed by atoms with Gasteiger partial charge in [-0.2, -0.15) is 5.10 Å². The van der Waals surface area contributed by atoms with Crippen LogP contribution in [-0.4, -0.2) is 17.9 Å². The van der Waals surface area contributed by atoms with Crippen molar-refractivity contribution < 1.29 is 4.74 Å². The Bertz CT molecular complexity index is 662. The molecule has 0 heterocycles. The van der Waals surface area contributed by atoms with E-state index < -0.39 is 0 Å². The van der Waals surface area contributed by atoms with Crippen LogP contribution in [0.1, 0.15) is 12.5 Å². The molecule has 0 bridgehead atoms. The van der Waals surface area contributed by atoms with Crippen molar-refractivity contribution in [3.63, 3.8) is 0 Å². The zero-order chi connectivity index (χ0) is 15.8. The van der Waals surface area contributed by atoms with Gasteiger partial charge in [-0.05, 0) is 49.5 Å². The third kappa shape index (κ3) is 5.13. The lowest BCUT2D eigenvalue weighted by Gasteiger charge is -2.08. The number of anilines is 1. The Morgan fingerprint density at radius 2 is 2.05 bits per heavy atom. The van der Waals surface area contributed by atoms with Crippen molar-refractivity contribution in [2.75, 3.05) is 11.9 Å². The van der Waals surface area contributed by atoms with E-state index in [1.54, 1.807) is 6.21 Å². The molecule has 0 aliphatic carbocycles. The lowest BCUT2D eigenvalue weighted by atomic mass is 10.2. The number of hydrogen-bond acceptors (Lipinski definition) is 3. The lowest BCUT2D eigenvalue weighted by molar-refractivity contribution is 0.339. The van der Waals surface area contributed by atoms with Gasteiger partial charge in [-0.3, -0.25) is 5.43 Å². The summed E-state index contributed by atoms with van der Waals surface area (Å²) in [5.74, 6) is 0.776. The van der Waals surface area contributed by atoms with Gasteiger partial charge in [-0.15, -0.1) is 0 Å². The van der Waals surface area contributed by atoms with Gasteiger partial charge < -0.3 is 10.1 Å². The average Bonchev–Trinajstić information content (AvgIpc) is 2.51. The van der Waals surface area contributed by atoms with Crippen LogP contribution in [0.25, 0.3) is 0 Å². The van der Waals surface area contributed by atoms with Crippen LogP contribution < -0.4 is 15.5 Å². The molecule has 2 aromatic carbocycles. The van der Waals surface area contributed by atoms with Gasteiger partial charge >= 0.3 is 0 Å². The van der Waals surface area contributed by atoms with E-state index in [2.05, 4.69) is 31.8 Å². The first kappa shape index (κ1) is 16.5. The Balaban J connectivity index is 1.97. The number of nitrogens with zero attached hydrogens (tertiary/aromatic N) is 1. The minimum atomic E-state index is 0.426. The molecule has 0 saturated carbocycles. The van der Waals surface area contributed by atoms with Crippen LogP contribution in [0.2, 0.25) is 0 Å². The fourth-order valence-corrected chi connectivity index (χ4v) is 2.30. The molecule has 0 unspecified atom stereocenters. The average molecular weight is 378 g/mol. The largest absolute Gasteiger partial charge is 0.493 e. The third-order valence-electron chi connectivity index (χ3n) is 2.67. The van der Waals surface area contributed by atoms with Crippen LogP contribution in [0.15, 0.2) is 58.1 Å². The number of rotatable bonds is 5. The summed E-state index contributed by atoms with van der Waals surface area (Å²) < 4.78 is 6.52. The van der Waals surface area contributed by atoms with Gasteiger partial charge in [0.05, 0.1) is 12.8 Å². The molecule has 114 valence electrons. The molecule has 22 heavy (non-hydrogen) atoms. The molecular weight excluding hydrogens is 362 g/mol. The number of thiocarbonyl (C=S) groups is 1. The van der Waals surface area contributed by atoms with Gasteiger partial charge in [-0.1, -0.05) is 34.1 Å². The normalized spacial score (nSPS) is 10.5. The Hall–Kier alpha value is -1.92. The molecule has 0 amide bonds. The zero-order valence-corrected chi connectivity index (χ0v) is 14.4. The summed E-state index contributed by atoms with van der Waals surface area (Å²) in [6, 6.07) is 15.4. The topological polar surface area (TPSA) is 45.6 Å². The summed E-state index contributed by atoms with van der Waals surface area (Å²) in [4.78, 5) is 0. The molecule has 0 saturated heterocycles. The van der Waals surface area contributed by atoms with E-state index in [9.17, 15) is 0 Å². The SMILES string of the molecule is CCOc1ccc(Br)cc1/C=N\NC(=S)Nc1ccccc1. The van der Waals surface area contributed by atoms with Crippen molar-refractivity contribution in [2.45, 2.75) is 6.92 Å². The van der Waals surface area contributed by atoms with Crippen LogP contribution in [0.5, 0.6) is 5.75 Å². The maximum absolute atomic E-state index is 5.56. The van der Waals surface area contributed by atoms with Crippen LogP contribution in [-0.2, 0) is 0 Å². The van der Waals surface area contributed by atoms with Gasteiger partial charge in [0.25, 0.3) is 0 Å². The van der Waals surface area contributed by atoms with Crippen molar-refractivity contribution in [2.24, 2.45) is 5.10 Å². The number of hydrogen-bond donors (Lipinski definition) is 2.